The van der Waals surface area contributed by atoms with Gasteiger partial charge in [0.25, 0.3) is 5.69 Å². The summed E-state index contributed by atoms with van der Waals surface area (Å²) in [5.41, 5.74) is 14.2. The summed E-state index contributed by atoms with van der Waals surface area (Å²) in [4.78, 5) is 28.7. The van der Waals surface area contributed by atoms with Crippen molar-refractivity contribution in [1.82, 2.24) is 29.4 Å². The average molecular weight is 1210 g/mol. The van der Waals surface area contributed by atoms with Gasteiger partial charge in [0.1, 0.15) is 0 Å². The third-order valence-electron chi connectivity index (χ3n) is 12.9. The number of allylic oxidation sites excluding steroid dienone is 2. The molecule has 0 bridgehead atoms. The Labute approximate surface area is 451 Å². The normalized spacial score (nSPS) is 19.1. The van der Waals surface area contributed by atoms with E-state index in [1.807, 2.05) is 24.3 Å². The van der Waals surface area contributed by atoms with E-state index in [9.17, 15) is 26.9 Å². The molecule has 23 heteroatoms. The number of benzene rings is 4. The van der Waals surface area contributed by atoms with Crippen LogP contribution in [0.1, 0.15) is 85.0 Å². The van der Waals surface area contributed by atoms with Gasteiger partial charge >= 0.3 is 36.7 Å². The maximum atomic E-state index is 12.8. The summed E-state index contributed by atoms with van der Waals surface area (Å²) < 4.78 is 56.8. The van der Waals surface area contributed by atoms with E-state index in [-0.39, 0.29) is 39.6 Å². The Morgan fingerprint density at radius 2 is 1.00 bits per heavy atom. The zero-order chi connectivity index (χ0) is 51.7. The van der Waals surface area contributed by atoms with Crippen LogP contribution in [0, 0.1) is 10.1 Å². The van der Waals surface area contributed by atoms with E-state index >= 15 is 0 Å². The molecule has 4 aliphatic carbocycles. The number of rotatable bonds is 13. The van der Waals surface area contributed by atoms with E-state index < -0.39 is 43.9 Å². The molecule has 2 heterocycles. The first-order valence-corrected chi connectivity index (χ1v) is 34.3. The molecule has 2 aromatic heterocycles. The van der Waals surface area contributed by atoms with E-state index in [4.69, 9.17) is 56.7 Å². The van der Waals surface area contributed by atoms with Gasteiger partial charge in [-0.25, -0.2) is 46.2 Å². The summed E-state index contributed by atoms with van der Waals surface area (Å²) in [6.45, 7) is 0. The van der Waals surface area contributed by atoms with E-state index in [1.165, 1.54) is 47.5 Å². The van der Waals surface area contributed by atoms with Crippen LogP contribution >= 0.6 is 41.0 Å². The molecule has 0 unspecified atom stereocenters. The Hall–Kier alpha value is -4.90. The first-order valence-electron chi connectivity index (χ1n) is 23.4. The van der Waals surface area contributed by atoms with Crippen molar-refractivity contribution in [3.05, 3.63) is 175 Å². The number of nitro benzene ring substituents is 1. The van der Waals surface area contributed by atoms with Gasteiger partial charge in [-0.05, 0) is 123 Å². The summed E-state index contributed by atoms with van der Waals surface area (Å²) in [7, 11) is 2.45. The van der Waals surface area contributed by atoms with Gasteiger partial charge in [-0.1, -0.05) is 83.9 Å². The Bertz CT molecular complexity index is 3250. The second-order valence-corrected chi connectivity index (χ2v) is 26.3. The molecule has 0 aliphatic heterocycles. The van der Waals surface area contributed by atoms with Gasteiger partial charge in [-0.3, -0.25) is 10.1 Å². The molecular formula is C50H50Cl4N10O6S2Sn. The van der Waals surface area contributed by atoms with Crippen LogP contribution in [0.3, 0.4) is 0 Å². The SMILES string of the molecule is Nc1ccc(S(=O)(=O)N[C@H]2CCC[C@@H](Nc3ncc(Cl)c(C4=CCc5ccccc54)n3)C2)cc1.O=[N+]([O-])c1ccc(S(=O)(=O)N[C@H]2CCC[C@@H](Nc3ncc(Cl)c(C4=CCc5ccccc54)n3)C2)cc1.[Cl][Sn][Cl]. The predicted molar refractivity (Wildman–Crippen MR) is 290 cm³/mol. The molecule has 16 nitrogen and oxygen atoms in total. The van der Waals surface area contributed by atoms with Crippen LogP contribution in [-0.4, -0.2) is 84.8 Å². The van der Waals surface area contributed by atoms with Crippen molar-refractivity contribution < 1.29 is 21.8 Å². The fraction of sp³-hybridized carbons (Fsp3) is 0.280. The number of non-ortho nitro benzene ring substituents is 1. The van der Waals surface area contributed by atoms with Gasteiger partial charge in [0.05, 0.1) is 48.5 Å². The number of nitrogens with one attached hydrogen (secondary N) is 4. The molecule has 6 N–H and O–H groups in total. The standard InChI is InChI=1S/C25H24ClN5O4S.C25H26ClN5O2S.2ClH.Sn/c26-23-15-27-25(29-24(23)22-13-8-16-4-1-2-7-21(16)22)28-17-5-3-6-18(14-17)30-36(34,35)20-11-9-19(10-12-20)31(32)33;26-23-15-28-25(30-24(23)22-13-8-16-4-1-2-7-21(16)22)29-18-5-3-6-19(14-18)31-34(32,33)20-11-9-17(27)10-12-20;;;/h1-2,4,7,9-13,15,17-18,30H,3,5-6,8,14H2,(H,27,28,29);1-2,4,7,9-13,15,18-19,31H,3,5-6,8,14,27H2,(H,28,29,30);2*1H;/q;;;;+2/p-2/t17-,18+;18-,19+;;;/m11.../s1. The van der Waals surface area contributed by atoms with E-state index in [1.54, 1.807) is 24.5 Å². The summed E-state index contributed by atoms with van der Waals surface area (Å²) in [5, 5.41) is 18.6. The number of halogens is 4. The molecule has 4 aliphatic rings. The molecule has 73 heavy (non-hydrogen) atoms. The average Bonchev–Trinajstić information content (AvgIpc) is 4.01. The van der Waals surface area contributed by atoms with Crippen molar-refractivity contribution in [3.63, 3.8) is 0 Å². The molecular weight excluding hydrogens is 1160 g/mol. The fourth-order valence-corrected chi connectivity index (χ4v) is 12.4. The van der Waals surface area contributed by atoms with E-state index in [0.717, 1.165) is 67.2 Å². The Morgan fingerprint density at radius 3 is 1.42 bits per heavy atom. The molecule has 0 saturated heterocycles. The topological polar surface area (TPSA) is 237 Å². The number of nitrogens with zero attached hydrogens (tertiary/aromatic N) is 5. The molecule has 2 saturated carbocycles. The second-order valence-electron chi connectivity index (χ2n) is 17.8. The van der Waals surface area contributed by atoms with Crippen LogP contribution in [0.2, 0.25) is 10.0 Å². The van der Waals surface area contributed by atoms with Gasteiger partial charge in [-0.15, -0.1) is 0 Å². The minimum absolute atomic E-state index is 0.000946. The molecule has 2 radical (unpaired) electrons. The first-order chi connectivity index (χ1) is 35.1. The number of hydrogen-bond acceptors (Lipinski definition) is 13. The monoisotopic (exact) mass is 1210 g/mol. The van der Waals surface area contributed by atoms with Crippen molar-refractivity contribution >= 4 is 114 Å². The molecule has 4 atom stereocenters. The predicted octanol–water partition coefficient (Wildman–Crippen LogP) is 10.1. The number of fused-ring (bicyclic) bond motifs is 2. The quantitative estimate of drug-likeness (QED) is 0.0314. The number of sulfonamides is 2. The van der Waals surface area contributed by atoms with Crippen molar-refractivity contribution in [2.45, 2.75) is 98.2 Å². The number of nitrogen functional groups attached to an aromatic ring is 1. The van der Waals surface area contributed by atoms with Crippen molar-refractivity contribution in [3.8, 4) is 0 Å². The van der Waals surface area contributed by atoms with Crippen molar-refractivity contribution in [2.75, 3.05) is 16.4 Å². The summed E-state index contributed by atoms with van der Waals surface area (Å²) >= 11 is 12.1. The van der Waals surface area contributed by atoms with Crippen molar-refractivity contribution in [1.29, 1.82) is 0 Å². The van der Waals surface area contributed by atoms with Crippen LogP contribution in [0.15, 0.2) is 131 Å². The second kappa shape index (κ2) is 24.6. The first kappa shape index (κ1) is 54.4. The van der Waals surface area contributed by atoms with Gasteiger partial charge in [-0.2, -0.15) is 0 Å². The maximum absolute atomic E-state index is 12.8. The molecule has 2 fully saturated rings. The van der Waals surface area contributed by atoms with Crippen LogP contribution < -0.4 is 25.8 Å². The van der Waals surface area contributed by atoms with Gasteiger partial charge in [0.15, 0.2) is 0 Å². The fourth-order valence-electron chi connectivity index (χ4n) is 9.46. The molecule has 0 amide bonds. The van der Waals surface area contributed by atoms with E-state index in [0.29, 0.717) is 58.3 Å². The van der Waals surface area contributed by atoms with Crippen LogP contribution in [-0.2, 0) is 32.9 Å². The zero-order valence-corrected chi connectivity index (χ0v) is 46.5. The van der Waals surface area contributed by atoms with Crippen LogP contribution in [0.4, 0.5) is 23.3 Å². The Morgan fingerprint density at radius 1 is 0.603 bits per heavy atom. The van der Waals surface area contributed by atoms with Gasteiger partial charge in [0, 0.05) is 53.1 Å². The van der Waals surface area contributed by atoms with Gasteiger partial charge < -0.3 is 16.4 Å². The van der Waals surface area contributed by atoms with Crippen LogP contribution in [0.5, 0.6) is 0 Å². The third-order valence-corrected chi connectivity index (χ3v) is 16.5. The summed E-state index contributed by atoms with van der Waals surface area (Å²) in [6.07, 6.45) is 15.3. The summed E-state index contributed by atoms with van der Waals surface area (Å²) in [5.74, 6) is 0.945. The zero-order valence-electron chi connectivity index (χ0n) is 39.0. The number of nitrogens with two attached hydrogens (primary N) is 1. The molecule has 4 aromatic carbocycles. The van der Waals surface area contributed by atoms with E-state index in [2.05, 4.69) is 66.5 Å². The number of nitro groups is 1. The summed E-state index contributed by atoms with van der Waals surface area (Å²) in [6, 6.07) is 27.1. The molecule has 6 aromatic rings. The molecule has 380 valence electrons. The number of aromatic nitrogens is 4. The Balaban J connectivity index is 0.000000185. The third kappa shape index (κ3) is 13.9. The molecule has 0 spiro atoms. The Kier molecular flexibility index (Phi) is 18.3. The van der Waals surface area contributed by atoms with Crippen molar-refractivity contribution in [2.24, 2.45) is 0 Å². The minimum atomic E-state index is -3.81. The van der Waals surface area contributed by atoms with Crippen LogP contribution in [0.25, 0.3) is 11.1 Å². The number of hydrogen-bond donors (Lipinski definition) is 5. The number of anilines is 3. The van der Waals surface area contributed by atoms with Gasteiger partial charge in [0.2, 0.25) is 31.9 Å². The molecule has 10 rings (SSSR count).